The fourth-order valence-electron chi connectivity index (χ4n) is 1.45. The van der Waals surface area contributed by atoms with Gasteiger partial charge in [-0.15, -0.1) is 0 Å². The predicted molar refractivity (Wildman–Crippen MR) is 58.6 cm³/mol. The Morgan fingerprint density at radius 3 is 1.60 bits per heavy atom. The molecule has 0 aromatic rings. The molecular weight excluding hydrogens is 216 g/mol. The van der Waals surface area contributed by atoms with Crippen molar-refractivity contribution in [3.05, 3.63) is 0 Å². The Morgan fingerprint density at radius 2 is 1.20 bits per heavy atom. The molecule has 1 N–H and O–H groups in total. The summed E-state index contributed by atoms with van der Waals surface area (Å²) in [6.45, 7) is 0.265. The van der Waals surface area contributed by atoms with E-state index in [-0.39, 0.29) is 12.4 Å². The summed E-state index contributed by atoms with van der Waals surface area (Å²) in [5.41, 5.74) is 0. The molecule has 0 aromatic carbocycles. The highest BCUT2D eigenvalue weighted by atomic mass is 32.2. The van der Waals surface area contributed by atoms with Gasteiger partial charge in [0.05, 0.1) is 10.1 Å². The van der Waals surface area contributed by atoms with E-state index in [4.69, 9.17) is 5.11 Å². The Hall–Kier alpha value is -0.130. The van der Waals surface area contributed by atoms with Gasteiger partial charge < -0.3 is 9.66 Å². The highest BCUT2D eigenvalue weighted by Gasteiger charge is 1.95. The van der Waals surface area contributed by atoms with E-state index >= 15 is 0 Å². The summed E-state index contributed by atoms with van der Waals surface area (Å²) < 4.78 is 30.8. The lowest BCUT2D eigenvalue weighted by molar-refractivity contribution is 0.282. The number of unbranched alkanes of at least 4 members (excludes halogenated alkanes) is 7. The standard InChI is InChI=1S/C10H22O4S/c11-9-7-5-3-1-2-4-6-8-10-15(12,13)14/h11H,1-10H2,(H,12,13,14)/p-1. The van der Waals surface area contributed by atoms with Gasteiger partial charge in [0.1, 0.15) is 0 Å². The lowest BCUT2D eigenvalue weighted by Crippen LogP contribution is -2.03. The molecule has 0 aliphatic heterocycles. The third-order valence-corrected chi connectivity index (χ3v) is 3.09. The Balaban J connectivity index is 3.06. The van der Waals surface area contributed by atoms with Crippen molar-refractivity contribution in [2.24, 2.45) is 0 Å². The molecule has 0 amide bonds. The van der Waals surface area contributed by atoms with Crippen LogP contribution in [0.25, 0.3) is 0 Å². The molecule has 0 unspecified atom stereocenters. The van der Waals surface area contributed by atoms with E-state index in [1.807, 2.05) is 0 Å². The number of aliphatic hydroxyl groups excluding tert-OH is 1. The zero-order valence-corrected chi connectivity index (χ0v) is 9.97. The molecule has 0 aliphatic rings. The summed E-state index contributed by atoms with van der Waals surface area (Å²) in [5.74, 6) is -0.225. The number of aliphatic hydroxyl groups is 1. The van der Waals surface area contributed by atoms with E-state index < -0.39 is 10.1 Å². The smallest absolute Gasteiger partial charge is 0.0945 e. The fraction of sp³-hybridized carbons (Fsp3) is 1.00. The van der Waals surface area contributed by atoms with Crippen molar-refractivity contribution in [1.29, 1.82) is 0 Å². The molecule has 4 nitrogen and oxygen atoms in total. The van der Waals surface area contributed by atoms with Crippen molar-refractivity contribution < 1.29 is 18.1 Å². The van der Waals surface area contributed by atoms with Crippen molar-refractivity contribution in [3.63, 3.8) is 0 Å². The van der Waals surface area contributed by atoms with Crippen molar-refractivity contribution in [1.82, 2.24) is 0 Å². The minimum atomic E-state index is -4.01. The van der Waals surface area contributed by atoms with E-state index in [1.165, 1.54) is 0 Å². The minimum Gasteiger partial charge on any atom is -0.748 e. The van der Waals surface area contributed by atoms with Crippen LogP contribution < -0.4 is 0 Å². The summed E-state index contributed by atoms with van der Waals surface area (Å²) in [6.07, 6.45) is 7.58. The Labute approximate surface area is 92.4 Å². The minimum absolute atomic E-state index is 0.225. The number of hydrogen-bond donors (Lipinski definition) is 1. The maximum atomic E-state index is 10.3. The molecule has 0 atom stereocenters. The molecule has 0 radical (unpaired) electrons. The van der Waals surface area contributed by atoms with Crippen LogP contribution >= 0.6 is 0 Å². The summed E-state index contributed by atoms with van der Waals surface area (Å²) in [6, 6.07) is 0. The quantitative estimate of drug-likeness (QED) is 0.463. The third kappa shape index (κ3) is 13.9. The van der Waals surface area contributed by atoms with Crippen molar-refractivity contribution in [2.45, 2.75) is 51.4 Å². The van der Waals surface area contributed by atoms with Gasteiger partial charge in [0.2, 0.25) is 0 Å². The van der Waals surface area contributed by atoms with Crippen molar-refractivity contribution in [2.75, 3.05) is 12.4 Å². The normalized spacial score (nSPS) is 11.9. The Morgan fingerprint density at radius 1 is 0.800 bits per heavy atom. The zero-order chi connectivity index (χ0) is 11.6. The molecule has 0 fully saturated rings. The largest absolute Gasteiger partial charge is 0.748 e. The highest BCUT2D eigenvalue weighted by Crippen LogP contribution is 2.08. The molecule has 92 valence electrons. The Kier molecular flexibility index (Phi) is 9.04. The second-order valence-electron chi connectivity index (χ2n) is 3.81. The lowest BCUT2D eigenvalue weighted by atomic mass is 10.1. The van der Waals surface area contributed by atoms with Gasteiger partial charge in [-0.2, -0.15) is 0 Å². The van der Waals surface area contributed by atoms with Gasteiger partial charge in [-0.3, -0.25) is 0 Å². The van der Waals surface area contributed by atoms with Gasteiger partial charge in [0, 0.05) is 12.4 Å². The molecule has 0 saturated heterocycles. The number of hydrogen-bond acceptors (Lipinski definition) is 4. The van der Waals surface area contributed by atoms with Gasteiger partial charge in [-0.05, 0) is 12.8 Å². The molecule has 0 bridgehead atoms. The van der Waals surface area contributed by atoms with Gasteiger partial charge in [-0.25, -0.2) is 8.42 Å². The molecule has 5 heteroatoms. The molecule has 0 aliphatic carbocycles. The summed E-state index contributed by atoms with van der Waals surface area (Å²) >= 11 is 0. The lowest BCUT2D eigenvalue weighted by Gasteiger charge is -2.05. The van der Waals surface area contributed by atoms with Gasteiger partial charge in [-0.1, -0.05) is 38.5 Å². The molecule has 0 saturated carbocycles. The van der Waals surface area contributed by atoms with E-state index in [1.54, 1.807) is 0 Å². The Bertz CT molecular complexity index is 224. The topological polar surface area (TPSA) is 77.4 Å². The van der Waals surface area contributed by atoms with Crippen molar-refractivity contribution in [3.8, 4) is 0 Å². The average molecular weight is 237 g/mol. The van der Waals surface area contributed by atoms with Crippen LogP contribution in [0.15, 0.2) is 0 Å². The first-order valence-corrected chi connectivity index (χ1v) is 7.18. The second kappa shape index (κ2) is 9.12. The molecule has 0 heterocycles. The van der Waals surface area contributed by atoms with Crippen LogP contribution in [0.2, 0.25) is 0 Å². The van der Waals surface area contributed by atoms with Gasteiger partial charge in [0.25, 0.3) is 0 Å². The van der Waals surface area contributed by atoms with Crippen LogP contribution in [-0.2, 0) is 10.1 Å². The van der Waals surface area contributed by atoms with Crippen LogP contribution in [0, 0.1) is 0 Å². The molecule has 0 aromatic heterocycles. The van der Waals surface area contributed by atoms with Crippen LogP contribution in [0.5, 0.6) is 0 Å². The van der Waals surface area contributed by atoms with E-state index in [0.717, 1.165) is 44.9 Å². The van der Waals surface area contributed by atoms with E-state index in [2.05, 4.69) is 0 Å². The zero-order valence-electron chi connectivity index (χ0n) is 9.15. The average Bonchev–Trinajstić information content (AvgIpc) is 2.14. The summed E-state index contributed by atoms with van der Waals surface area (Å²) in [5, 5.41) is 8.53. The molecular formula is C10H21O4S-. The molecule has 15 heavy (non-hydrogen) atoms. The maximum absolute atomic E-state index is 10.3. The number of rotatable bonds is 10. The first kappa shape index (κ1) is 14.9. The summed E-state index contributed by atoms with van der Waals surface area (Å²) in [4.78, 5) is 0. The highest BCUT2D eigenvalue weighted by molar-refractivity contribution is 7.85. The van der Waals surface area contributed by atoms with Gasteiger partial charge in [0.15, 0.2) is 0 Å². The molecule has 0 rings (SSSR count). The monoisotopic (exact) mass is 237 g/mol. The SMILES string of the molecule is O=S(=O)([O-])CCCCCCCCCCO. The van der Waals surface area contributed by atoms with E-state index in [9.17, 15) is 13.0 Å². The van der Waals surface area contributed by atoms with E-state index in [0.29, 0.717) is 6.42 Å². The van der Waals surface area contributed by atoms with Crippen LogP contribution in [0.1, 0.15) is 51.4 Å². The van der Waals surface area contributed by atoms with Gasteiger partial charge >= 0.3 is 0 Å². The van der Waals surface area contributed by atoms with Crippen LogP contribution in [-0.4, -0.2) is 30.4 Å². The van der Waals surface area contributed by atoms with Crippen LogP contribution in [0.4, 0.5) is 0 Å². The maximum Gasteiger partial charge on any atom is 0.0945 e. The first-order valence-electron chi connectivity index (χ1n) is 5.60. The predicted octanol–water partition coefficient (Wildman–Crippen LogP) is 1.64. The second-order valence-corrected chi connectivity index (χ2v) is 5.34. The van der Waals surface area contributed by atoms with Crippen LogP contribution in [0.3, 0.4) is 0 Å². The first-order chi connectivity index (χ1) is 7.06. The third-order valence-electron chi connectivity index (χ3n) is 2.30. The van der Waals surface area contributed by atoms with Crippen molar-refractivity contribution >= 4 is 10.1 Å². The fourth-order valence-corrected chi connectivity index (χ4v) is 2.01. The summed E-state index contributed by atoms with van der Waals surface area (Å²) in [7, 11) is -4.01. The molecule has 0 spiro atoms.